The SMILES string of the molecule is OCC1CCCN1CC1CCCN1c1nc(-c2cccnc2)nc2sc3c(c12)CCC3. The largest absolute Gasteiger partial charge is 0.395 e. The maximum atomic E-state index is 9.79. The minimum Gasteiger partial charge on any atom is -0.395 e. The van der Waals surface area contributed by atoms with Crippen LogP contribution in [-0.4, -0.2) is 63.3 Å². The zero-order valence-corrected chi connectivity index (χ0v) is 18.7. The van der Waals surface area contributed by atoms with Crippen molar-refractivity contribution in [2.45, 2.75) is 57.0 Å². The first-order valence-corrected chi connectivity index (χ1v) is 12.5. The number of anilines is 1. The molecule has 0 amide bonds. The van der Waals surface area contributed by atoms with Gasteiger partial charge in [0.15, 0.2) is 5.82 Å². The molecule has 162 valence electrons. The molecule has 3 aromatic heterocycles. The molecule has 2 atom stereocenters. The number of aliphatic hydroxyl groups is 1. The van der Waals surface area contributed by atoms with E-state index in [2.05, 4.69) is 20.9 Å². The Morgan fingerprint density at radius 1 is 1.06 bits per heavy atom. The van der Waals surface area contributed by atoms with Crippen LogP contribution in [0.4, 0.5) is 5.82 Å². The molecule has 6 rings (SSSR count). The number of nitrogens with zero attached hydrogens (tertiary/aromatic N) is 5. The molecule has 3 aromatic rings. The molecule has 0 saturated carbocycles. The summed E-state index contributed by atoms with van der Waals surface area (Å²) in [6, 6.07) is 4.78. The van der Waals surface area contributed by atoms with E-state index in [-0.39, 0.29) is 6.61 Å². The molecule has 0 spiro atoms. The van der Waals surface area contributed by atoms with Crippen molar-refractivity contribution in [3.8, 4) is 11.4 Å². The molecular formula is C24H29N5OS. The number of aryl methyl sites for hydroxylation is 2. The lowest BCUT2D eigenvalue weighted by Gasteiger charge is -2.32. The van der Waals surface area contributed by atoms with Gasteiger partial charge in [-0.1, -0.05) is 0 Å². The van der Waals surface area contributed by atoms with Gasteiger partial charge in [0.25, 0.3) is 0 Å². The molecule has 6 nitrogen and oxygen atoms in total. The number of aromatic nitrogens is 3. The average Bonchev–Trinajstić information content (AvgIpc) is 3.58. The standard InChI is InChI=1S/C24H29N5OS/c30-15-18-7-3-11-28(18)14-17-6-4-12-29(17)23-21-19-8-1-9-20(19)31-24(21)27-22(26-23)16-5-2-10-25-13-16/h2,5,10,13,17-18,30H,1,3-4,6-9,11-12,14-15H2. The van der Waals surface area contributed by atoms with Crippen molar-refractivity contribution in [1.82, 2.24) is 19.9 Å². The second-order valence-electron chi connectivity index (χ2n) is 9.11. The monoisotopic (exact) mass is 435 g/mol. The molecule has 2 aliphatic heterocycles. The second-order valence-corrected chi connectivity index (χ2v) is 10.2. The lowest BCUT2D eigenvalue weighted by molar-refractivity contribution is 0.153. The van der Waals surface area contributed by atoms with Crippen molar-refractivity contribution in [2.75, 3.05) is 31.1 Å². The molecule has 1 N–H and O–H groups in total. The van der Waals surface area contributed by atoms with Crippen molar-refractivity contribution < 1.29 is 5.11 Å². The Kier molecular flexibility index (Phi) is 5.13. The highest BCUT2D eigenvalue weighted by Crippen LogP contribution is 2.43. The highest BCUT2D eigenvalue weighted by Gasteiger charge is 2.34. The Morgan fingerprint density at radius 2 is 1.97 bits per heavy atom. The molecule has 0 aromatic carbocycles. The van der Waals surface area contributed by atoms with Gasteiger partial charge in [-0.2, -0.15) is 0 Å². The highest BCUT2D eigenvalue weighted by atomic mass is 32.1. The van der Waals surface area contributed by atoms with Gasteiger partial charge in [-0.3, -0.25) is 9.88 Å². The number of fused-ring (bicyclic) bond motifs is 3. The fraction of sp³-hybridized carbons (Fsp3) is 0.542. The molecule has 5 heterocycles. The summed E-state index contributed by atoms with van der Waals surface area (Å²) in [6.45, 7) is 3.44. The Balaban J connectivity index is 1.43. The predicted octanol–water partition coefficient (Wildman–Crippen LogP) is 3.67. The van der Waals surface area contributed by atoms with Crippen LogP contribution < -0.4 is 4.90 Å². The number of aliphatic hydroxyl groups excluding tert-OH is 1. The second kappa shape index (κ2) is 8.11. The number of likely N-dealkylation sites (tertiary alicyclic amines) is 1. The van der Waals surface area contributed by atoms with Crippen LogP contribution in [0.1, 0.15) is 42.5 Å². The smallest absolute Gasteiger partial charge is 0.164 e. The van der Waals surface area contributed by atoms with E-state index in [0.717, 1.165) is 54.5 Å². The van der Waals surface area contributed by atoms with Crippen molar-refractivity contribution >= 4 is 27.4 Å². The van der Waals surface area contributed by atoms with E-state index >= 15 is 0 Å². The lowest BCUT2D eigenvalue weighted by atomic mass is 10.1. The average molecular weight is 436 g/mol. The molecule has 3 aliphatic rings. The molecule has 2 saturated heterocycles. The van der Waals surface area contributed by atoms with Gasteiger partial charge in [0, 0.05) is 48.0 Å². The third-order valence-electron chi connectivity index (χ3n) is 7.27. The van der Waals surface area contributed by atoms with Gasteiger partial charge in [0.1, 0.15) is 10.6 Å². The van der Waals surface area contributed by atoms with Gasteiger partial charge in [-0.15, -0.1) is 11.3 Å². The van der Waals surface area contributed by atoms with E-state index in [1.165, 1.54) is 47.9 Å². The van der Waals surface area contributed by atoms with Crippen molar-refractivity contribution in [3.63, 3.8) is 0 Å². The van der Waals surface area contributed by atoms with Gasteiger partial charge >= 0.3 is 0 Å². The van der Waals surface area contributed by atoms with Gasteiger partial charge in [-0.25, -0.2) is 9.97 Å². The molecule has 31 heavy (non-hydrogen) atoms. The van der Waals surface area contributed by atoms with Crippen molar-refractivity contribution in [1.29, 1.82) is 0 Å². The Hall–Kier alpha value is -2.09. The van der Waals surface area contributed by atoms with E-state index in [1.54, 1.807) is 6.20 Å². The van der Waals surface area contributed by atoms with Crippen LogP contribution in [0, 0.1) is 0 Å². The van der Waals surface area contributed by atoms with E-state index in [4.69, 9.17) is 9.97 Å². The van der Waals surface area contributed by atoms with E-state index in [0.29, 0.717) is 12.1 Å². The summed E-state index contributed by atoms with van der Waals surface area (Å²) in [7, 11) is 0. The van der Waals surface area contributed by atoms with Crippen LogP contribution in [0.15, 0.2) is 24.5 Å². The normalized spacial score (nSPS) is 23.8. The molecule has 0 bridgehead atoms. The van der Waals surface area contributed by atoms with E-state index in [9.17, 15) is 5.11 Å². The predicted molar refractivity (Wildman–Crippen MR) is 125 cm³/mol. The molecule has 2 unspecified atom stereocenters. The molecule has 0 radical (unpaired) electrons. The first kappa shape index (κ1) is 19.6. The maximum Gasteiger partial charge on any atom is 0.164 e. The topological polar surface area (TPSA) is 65.4 Å². The Labute approximate surface area is 187 Å². The first-order chi connectivity index (χ1) is 15.3. The third kappa shape index (κ3) is 3.43. The summed E-state index contributed by atoms with van der Waals surface area (Å²) >= 11 is 1.86. The zero-order valence-electron chi connectivity index (χ0n) is 17.8. The quantitative estimate of drug-likeness (QED) is 0.660. The molecule has 1 aliphatic carbocycles. The minimum absolute atomic E-state index is 0.271. The Morgan fingerprint density at radius 3 is 2.84 bits per heavy atom. The van der Waals surface area contributed by atoms with Crippen LogP contribution in [0.5, 0.6) is 0 Å². The lowest BCUT2D eigenvalue weighted by Crippen LogP contribution is -2.43. The van der Waals surface area contributed by atoms with Crippen LogP contribution in [0.2, 0.25) is 0 Å². The first-order valence-electron chi connectivity index (χ1n) is 11.7. The fourth-order valence-corrected chi connectivity index (χ4v) is 6.98. The maximum absolute atomic E-state index is 9.79. The molecule has 2 fully saturated rings. The number of thiophene rings is 1. The molecule has 7 heteroatoms. The van der Waals surface area contributed by atoms with Crippen LogP contribution in [-0.2, 0) is 12.8 Å². The van der Waals surface area contributed by atoms with Crippen LogP contribution >= 0.6 is 11.3 Å². The summed E-state index contributed by atoms with van der Waals surface area (Å²) in [4.78, 5) is 22.2. The van der Waals surface area contributed by atoms with Gasteiger partial charge in [0.2, 0.25) is 0 Å². The fourth-order valence-electron chi connectivity index (χ4n) is 5.73. The summed E-state index contributed by atoms with van der Waals surface area (Å²) in [5.41, 5.74) is 2.47. The number of hydrogen-bond acceptors (Lipinski definition) is 7. The minimum atomic E-state index is 0.271. The van der Waals surface area contributed by atoms with Crippen molar-refractivity contribution in [3.05, 3.63) is 35.0 Å². The summed E-state index contributed by atoms with van der Waals surface area (Å²) < 4.78 is 0. The van der Waals surface area contributed by atoms with Crippen molar-refractivity contribution in [2.24, 2.45) is 0 Å². The Bertz CT molecular complexity index is 1080. The molecular weight excluding hydrogens is 406 g/mol. The summed E-state index contributed by atoms with van der Waals surface area (Å²) in [6.07, 6.45) is 11.9. The van der Waals surface area contributed by atoms with Gasteiger partial charge < -0.3 is 10.0 Å². The summed E-state index contributed by atoms with van der Waals surface area (Å²) in [5, 5.41) is 11.1. The third-order valence-corrected chi connectivity index (χ3v) is 8.46. The number of rotatable bonds is 5. The van der Waals surface area contributed by atoms with Gasteiger partial charge in [0.05, 0.1) is 12.0 Å². The van der Waals surface area contributed by atoms with E-state index in [1.807, 2.05) is 23.6 Å². The highest BCUT2D eigenvalue weighted by molar-refractivity contribution is 7.19. The van der Waals surface area contributed by atoms with Crippen LogP contribution in [0.25, 0.3) is 21.6 Å². The number of pyridine rings is 1. The van der Waals surface area contributed by atoms with E-state index < -0.39 is 0 Å². The zero-order chi connectivity index (χ0) is 20.8. The van der Waals surface area contributed by atoms with Crippen LogP contribution in [0.3, 0.4) is 0 Å². The number of hydrogen-bond donors (Lipinski definition) is 1. The van der Waals surface area contributed by atoms with Gasteiger partial charge in [-0.05, 0) is 69.2 Å². The summed E-state index contributed by atoms with van der Waals surface area (Å²) in [5.74, 6) is 1.92.